The number of rotatable bonds is 3. The van der Waals surface area contributed by atoms with E-state index >= 15 is 0 Å². The summed E-state index contributed by atoms with van der Waals surface area (Å²) in [6.07, 6.45) is 0. The fourth-order valence-electron chi connectivity index (χ4n) is 3.11. The maximum absolute atomic E-state index is 12.7. The van der Waals surface area contributed by atoms with Gasteiger partial charge in [-0.1, -0.05) is 68.2 Å². The molecule has 0 radical (unpaired) electrons. The van der Waals surface area contributed by atoms with Crippen molar-refractivity contribution in [3.63, 3.8) is 0 Å². The van der Waals surface area contributed by atoms with Gasteiger partial charge in [-0.05, 0) is 17.7 Å². The van der Waals surface area contributed by atoms with E-state index in [2.05, 4.69) is 37.1 Å². The Morgan fingerprint density at radius 3 is 2.00 bits per heavy atom. The molecule has 0 aliphatic carbocycles. The van der Waals surface area contributed by atoms with Crippen LogP contribution in [-0.2, 0) is 0 Å². The molecule has 3 nitrogen and oxygen atoms in total. The largest absolute Gasteiger partial charge is 0.335 e. The van der Waals surface area contributed by atoms with Crippen molar-refractivity contribution in [3.05, 3.63) is 66.2 Å². The number of carbonyl (C=O) groups is 1. The van der Waals surface area contributed by atoms with E-state index in [9.17, 15) is 4.79 Å². The van der Waals surface area contributed by atoms with Gasteiger partial charge in [-0.15, -0.1) is 0 Å². The van der Waals surface area contributed by atoms with Crippen LogP contribution in [-0.4, -0.2) is 19.8 Å². The molecule has 1 fully saturated rings. The van der Waals surface area contributed by atoms with Gasteiger partial charge in [0.05, 0.1) is 14.1 Å². The van der Waals surface area contributed by atoms with E-state index in [4.69, 9.17) is 0 Å². The molecule has 2 amide bonds. The van der Waals surface area contributed by atoms with E-state index in [0.29, 0.717) is 0 Å². The molecule has 2 atom stereocenters. The standard InChI is InChI=1S/C18H22N2OSi/c1-22(2,3)17-16(14-10-6-4-7-11-14)20(18(21)19-17)15-12-8-5-9-13-15/h4-13,16-17H,1-3H3,(H,19,21)/t16-,17-/m1/s1. The lowest BCUT2D eigenvalue weighted by Crippen LogP contribution is -2.48. The van der Waals surface area contributed by atoms with Crippen LogP contribution >= 0.6 is 0 Å². The minimum atomic E-state index is -1.56. The zero-order chi connectivity index (χ0) is 15.7. The lowest BCUT2D eigenvalue weighted by atomic mass is 10.1. The summed E-state index contributed by atoms with van der Waals surface area (Å²) in [7, 11) is -1.56. The van der Waals surface area contributed by atoms with Gasteiger partial charge in [0.1, 0.15) is 0 Å². The first-order chi connectivity index (χ1) is 10.5. The van der Waals surface area contributed by atoms with E-state index in [0.717, 1.165) is 5.69 Å². The van der Waals surface area contributed by atoms with Crippen LogP contribution < -0.4 is 10.2 Å². The first-order valence-electron chi connectivity index (χ1n) is 7.68. The number of amides is 2. The number of hydrogen-bond donors (Lipinski definition) is 1. The molecule has 4 heteroatoms. The lowest BCUT2D eigenvalue weighted by molar-refractivity contribution is 0.251. The van der Waals surface area contributed by atoms with Crippen molar-refractivity contribution in [2.75, 3.05) is 4.90 Å². The second-order valence-corrected chi connectivity index (χ2v) is 12.2. The Balaban J connectivity index is 2.09. The van der Waals surface area contributed by atoms with Crippen molar-refractivity contribution in [2.45, 2.75) is 31.3 Å². The quantitative estimate of drug-likeness (QED) is 0.847. The van der Waals surface area contributed by atoms with Gasteiger partial charge in [-0.2, -0.15) is 0 Å². The second kappa shape index (κ2) is 5.61. The Kier molecular flexibility index (Phi) is 3.79. The summed E-state index contributed by atoms with van der Waals surface area (Å²) in [4.78, 5) is 14.6. The molecule has 2 aromatic carbocycles. The van der Waals surface area contributed by atoms with Crippen LogP contribution in [0.1, 0.15) is 11.6 Å². The van der Waals surface area contributed by atoms with E-state index in [1.807, 2.05) is 53.4 Å². The second-order valence-electron chi connectivity index (χ2n) is 6.85. The molecule has 0 saturated carbocycles. The number of para-hydroxylation sites is 1. The third-order valence-electron chi connectivity index (χ3n) is 4.20. The first kappa shape index (κ1) is 14.8. The predicted octanol–water partition coefficient (Wildman–Crippen LogP) is 4.20. The van der Waals surface area contributed by atoms with Crippen LogP contribution in [0.2, 0.25) is 19.6 Å². The topological polar surface area (TPSA) is 32.3 Å². The van der Waals surface area contributed by atoms with E-state index < -0.39 is 8.07 Å². The van der Waals surface area contributed by atoms with Crippen molar-refractivity contribution >= 4 is 19.8 Å². The number of hydrogen-bond acceptors (Lipinski definition) is 1. The van der Waals surface area contributed by atoms with Crippen molar-refractivity contribution in [3.8, 4) is 0 Å². The van der Waals surface area contributed by atoms with Gasteiger partial charge in [-0.3, -0.25) is 4.90 Å². The summed E-state index contributed by atoms with van der Waals surface area (Å²) in [5.41, 5.74) is 2.34. The number of benzene rings is 2. The summed E-state index contributed by atoms with van der Waals surface area (Å²) in [6, 6.07) is 20.3. The fourth-order valence-corrected chi connectivity index (χ4v) is 4.95. The van der Waals surface area contributed by atoms with Gasteiger partial charge in [0.2, 0.25) is 0 Å². The number of urea groups is 1. The molecular formula is C18H22N2OSi. The van der Waals surface area contributed by atoms with Gasteiger partial charge >= 0.3 is 6.03 Å². The molecule has 114 valence electrons. The molecule has 2 aromatic rings. The summed E-state index contributed by atoms with van der Waals surface area (Å²) >= 11 is 0. The summed E-state index contributed by atoms with van der Waals surface area (Å²) < 4.78 is 0. The van der Waals surface area contributed by atoms with Crippen LogP contribution in [0.25, 0.3) is 0 Å². The van der Waals surface area contributed by atoms with Crippen molar-refractivity contribution in [2.24, 2.45) is 0 Å². The van der Waals surface area contributed by atoms with Gasteiger partial charge in [0.15, 0.2) is 0 Å². The van der Waals surface area contributed by atoms with Crippen molar-refractivity contribution in [1.29, 1.82) is 0 Å². The maximum Gasteiger partial charge on any atom is 0.322 e. The Bertz CT molecular complexity index is 652. The SMILES string of the molecule is C[Si](C)(C)[C@H]1NC(=O)N(c2ccccc2)[C@@H]1c1ccccc1. The molecule has 3 rings (SSSR count). The number of nitrogens with zero attached hydrogens (tertiary/aromatic N) is 1. The molecule has 22 heavy (non-hydrogen) atoms. The molecular weight excluding hydrogens is 288 g/mol. The molecule has 0 spiro atoms. The maximum atomic E-state index is 12.7. The third kappa shape index (κ3) is 2.66. The Morgan fingerprint density at radius 2 is 1.45 bits per heavy atom. The lowest BCUT2D eigenvalue weighted by Gasteiger charge is -2.33. The summed E-state index contributed by atoms with van der Waals surface area (Å²) in [6.45, 7) is 6.92. The van der Waals surface area contributed by atoms with Crippen molar-refractivity contribution < 1.29 is 4.79 Å². The highest BCUT2D eigenvalue weighted by Gasteiger charge is 2.46. The number of anilines is 1. The Labute approximate surface area is 133 Å². The molecule has 0 bridgehead atoms. The minimum absolute atomic E-state index is 0.00692. The highest BCUT2D eigenvalue weighted by atomic mass is 28.3. The van der Waals surface area contributed by atoms with E-state index in [-0.39, 0.29) is 17.7 Å². The summed E-state index contributed by atoms with van der Waals surface area (Å²) in [5.74, 6) is 0. The smallest absolute Gasteiger partial charge is 0.322 e. The normalized spacial score (nSPS) is 21.8. The van der Waals surface area contributed by atoms with Gasteiger partial charge in [-0.25, -0.2) is 4.79 Å². The first-order valence-corrected chi connectivity index (χ1v) is 11.3. The zero-order valence-electron chi connectivity index (χ0n) is 13.3. The number of carbonyl (C=O) groups excluding carboxylic acids is 1. The molecule has 0 aromatic heterocycles. The van der Waals surface area contributed by atoms with Gasteiger partial charge < -0.3 is 5.32 Å². The summed E-state index contributed by atoms with van der Waals surface area (Å²) in [5, 5.41) is 3.24. The molecule has 0 unspecified atom stereocenters. The van der Waals surface area contributed by atoms with Crippen LogP contribution in [0.4, 0.5) is 10.5 Å². The van der Waals surface area contributed by atoms with Gasteiger partial charge in [0, 0.05) is 11.4 Å². The van der Waals surface area contributed by atoms with E-state index in [1.165, 1.54) is 5.56 Å². The minimum Gasteiger partial charge on any atom is -0.335 e. The zero-order valence-corrected chi connectivity index (χ0v) is 14.3. The van der Waals surface area contributed by atoms with Crippen molar-refractivity contribution in [1.82, 2.24) is 5.32 Å². The molecule has 1 aliphatic heterocycles. The predicted molar refractivity (Wildman–Crippen MR) is 93.8 cm³/mol. The Morgan fingerprint density at radius 1 is 0.909 bits per heavy atom. The monoisotopic (exact) mass is 310 g/mol. The molecule has 1 saturated heterocycles. The van der Waals surface area contributed by atoms with Crippen LogP contribution in [0.5, 0.6) is 0 Å². The Hall–Kier alpha value is -2.07. The fraction of sp³-hybridized carbons (Fsp3) is 0.278. The average Bonchev–Trinajstić information content (AvgIpc) is 2.87. The van der Waals surface area contributed by atoms with Crippen LogP contribution in [0.15, 0.2) is 60.7 Å². The van der Waals surface area contributed by atoms with Gasteiger partial charge in [0.25, 0.3) is 0 Å². The molecule has 1 aliphatic rings. The number of nitrogens with one attached hydrogen (secondary N) is 1. The van der Waals surface area contributed by atoms with Crippen LogP contribution in [0.3, 0.4) is 0 Å². The molecule has 1 heterocycles. The highest BCUT2D eigenvalue weighted by Crippen LogP contribution is 2.37. The highest BCUT2D eigenvalue weighted by molar-refractivity contribution is 6.78. The third-order valence-corrected chi connectivity index (χ3v) is 6.53. The van der Waals surface area contributed by atoms with Crippen LogP contribution in [0, 0.1) is 0 Å². The molecule has 1 N–H and O–H groups in total. The van der Waals surface area contributed by atoms with E-state index in [1.54, 1.807) is 0 Å². The average molecular weight is 310 g/mol.